The third-order valence-electron chi connectivity index (χ3n) is 3.56. The van der Waals surface area contributed by atoms with E-state index in [1.807, 2.05) is 32.2 Å². The Morgan fingerprint density at radius 1 is 1.00 bits per heavy atom. The van der Waals surface area contributed by atoms with Gasteiger partial charge in [-0.25, -0.2) is 4.98 Å². The molecule has 1 heterocycles. The van der Waals surface area contributed by atoms with E-state index in [1.165, 1.54) is 11.3 Å². The maximum atomic E-state index is 12.1. The average molecular weight is 418 g/mol. The molecule has 29 heavy (non-hydrogen) atoms. The molecule has 9 nitrogen and oxygen atoms in total. The number of aryl methyl sites for hydroxylation is 3. The number of ether oxygens (including phenoxy) is 1. The summed E-state index contributed by atoms with van der Waals surface area (Å²) >= 11 is 1.35. The summed E-state index contributed by atoms with van der Waals surface area (Å²) in [6, 6.07) is 5.34. The minimum absolute atomic E-state index is 0.0308. The quantitative estimate of drug-likeness (QED) is 0.450. The fourth-order valence-electron chi connectivity index (χ4n) is 2.40. The van der Waals surface area contributed by atoms with Crippen LogP contribution < -0.4 is 16.2 Å². The topological polar surface area (TPSA) is 126 Å². The summed E-state index contributed by atoms with van der Waals surface area (Å²) < 4.78 is 4.76. The number of esters is 1. The number of hydrogen-bond acceptors (Lipinski definition) is 7. The highest BCUT2D eigenvalue weighted by Gasteiger charge is 2.12. The molecular weight excluding hydrogens is 396 g/mol. The minimum atomic E-state index is -0.775. The Hall–Kier alpha value is -3.27. The molecular formula is C19H22N4O5S. The van der Waals surface area contributed by atoms with Crippen molar-refractivity contribution >= 4 is 35.0 Å². The SMILES string of the molecule is Cc1cc(C)cc(C(=O)NCC(=O)OCC(=O)NNC(=O)Cc2nc(C)cs2)c1. The van der Waals surface area contributed by atoms with Gasteiger partial charge in [0.1, 0.15) is 11.6 Å². The van der Waals surface area contributed by atoms with Crippen LogP contribution in [0.3, 0.4) is 0 Å². The van der Waals surface area contributed by atoms with Crippen molar-refractivity contribution in [1.29, 1.82) is 0 Å². The molecule has 0 bridgehead atoms. The van der Waals surface area contributed by atoms with Gasteiger partial charge in [-0.3, -0.25) is 30.0 Å². The maximum Gasteiger partial charge on any atom is 0.325 e. The van der Waals surface area contributed by atoms with Crippen molar-refractivity contribution in [3.8, 4) is 0 Å². The minimum Gasteiger partial charge on any atom is -0.454 e. The van der Waals surface area contributed by atoms with Crippen molar-refractivity contribution in [1.82, 2.24) is 21.2 Å². The lowest BCUT2D eigenvalue weighted by molar-refractivity contribution is -0.148. The molecule has 3 amide bonds. The molecule has 0 saturated carbocycles. The van der Waals surface area contributed by atoms with Gasteiger partial charge in [0.05, 0.1) is 6.42 Å². The Morgan fingerprint density at radius 3 is 2.28 bits per heavy atom. The summed E-state index contributed by atoms with van der Waals surface area (Å²) in [5, 5.41) is 4.88. The monoisotopic (exact) mass is 418 g/mol. The summed E-state index contributed by atoms with van der Waals surface area (Å²) in [5.74, 6) is -2.34. The standard InChI is InChI=1S/C19H22N4O5S/c1-11-4-12(2)6-14(5-11)19(27)20-8-18(26)28-9-16(25)23-22-15(24)7-17-21-13(3)10-29-17/h4-6,10H,7-9H2,1-3H3,(H,20,27)(H,22,24)(H,23,25). The largest absolute Gasteiger partial charge is 0.454 e. The van der Waals surface area contributed by atoms with E-state index >= 15 is 0 Å². The summed E-state index contributed by atoms with van der Waals surface area (Å²) in [7, 11) is 0. The van der Waals surface area contributed by atoms with Crippen LogP contribution in [0, 0.1) is 20.8 Å². The van der Waals surface area contributed by atoms with Crippen LogP contribution in [0.1, 0.15) is 32.2 Å². The molecule has 0 aliphatic carbocycles. The van der Waals surface area contributed by atoms with Gasteiger partial charge in [-0.1, -0.05) is 17.2 Å². The molecule has 0 atom stereocenters. The molecule has 0 spiro atoms. The number of carbonyl (C=O) groups is 4. The fourth-order valence-corrected chi connectivity index (χ4v) is 3.17. The molecule has 154 valence electrons. The molecule has 1 aromatic carbocycles. The van der Waals surface area contributed by atoms with Crippen LogP contribution in [0.4, 0.5) is 0 Å². The maximum absolute atomic E-state index is 12.1. The molecule has 2 rings (SSSR count). The van der Waals surface area contributed by atoms with E-state index in [0.717, 1.165) is 16.8 Å². The Kier molecular flexibility index (Phi) is 7.84. The molecule has 0 saturated heterocycles. The van der Waals surface area contributed by atoms with Crippen molar-refractivity contribution in [2.75, 3.05) is 13.2 Å². The van der Waals surface area contributed by atoms with Crippen molar-refractivity contribution in [2.24, 2.45) is 0 Å². The highest BCUT2D eigenvalue weighted by Crippen LogP contribution is 2.09. The van der Waals surface area contributed by atoms with E-state index in [4.69, 9.17) is 4.74 Å². The summed E-state index contributed by atoms with van der Waals surface area (Å²) in [4.78, 5) is 51.3. The first-order valence-corrected chi connectivity index (χ1v) is 9.61. The van der Waals surface area contributed by atoms with Crippen LogP contribution >= 0.6 is 11.3 Å². The Balaban J connectivity index is 1.65. The van der Waals surface area contributed by atoms with Crippen molar-refractivity contribution in [3.05, 3.63) is 51.0 Å². The number of nitrogens with one attached hydrogen (secondary N) is 3. The van der Waals surface area contributed by atoms with E-state index in [1.54, 1.807) is 12.1 Å². The zero-order chi connectivity index (χ0) is 21.4. The second-order valence-electron chi connectivity index (χ2n) is 6.38. The zero-order valence-corrected chi connectivity index (χ0v) is 17.1. The van der Waals surface area contributed by atoms with E-state index in [9.17, 15) is 19.2 Å². The van der Waals surface area contributed by atoms with Gasteiger partial charge < -0.3 is 10.1 Å². The first-order valence-electron chi connectivity index (χ1n) is 8.73. The number of rotatable bonds is 7. The number of thiazole rings is 1. The Bertz CT molecular complexity index is 905. The zero-order valence-electron chi connectivity index (χ0n) is 16.3. The molecule has 0 aliphatic heterocycles. The van der Waals surface area contributed by atoms with Crippen molar-refractivity contribution in [2.45, 2.75) is 27.2 Å². The number of benzene rings is 1. The Labute approximate surface area is 171 Å². The van der Waals surface area contributed by atoms with Gasteiger partial charge in [-0.15, -0.1) is 11.3 Å². The molecule has 0 fully saturated rings. The summed E-state index contributed by atoms with van der Waals surface area (Å²) in [5.41, 5.74) is 7.47. The van der Waals surface area contributed by atoms with Crippen molar-refractivity contribution < 1.29 is 23.9 Å². The van der Waals surface area contributed by atoms with Crippen LogP contribution in [-0.4, -0.2) is 41.8 Å². The van der Waals surface area contributed by atoms with Gasteiger partial charge >= 0.3 is 5.97 Å². The number of amides is 3. The Morgan fingerprint density at radius 2 is 1.66 bits per heavy atom. The molecule has 10 heteroatoms. The van der Waals surface area contributed by atoms with Gasteiger partial charge in [-0.05, 0) is 32.9 Å². The van der Waals surface area contributed by atoms with Crippen LogP contribution in [0.25, 0.3) is 0 Å². The lowest BCUT2D eigenvalue weighted by Gasteiger charge is -2.09. The number of carbonyl (C=O) groups excluding carboxylic acids is 4. The number of nitrogens with zero attached hydrogens (tertiary/aromatic N) is 1. The van der Waals surface area contributed by atoms with Crippen LogP contribution in [0.2, 0.25) is 0 Å². The van der Waals surface area contributed by atoms with Gasteiger partial charge in [0.2, 0.25) is 5.91 Å². The van der Waals surface area contributed by atoms with Crippen LogP contribution in [0.5, 0.6) is 0 Å². The summed E-state index contributed by atoms with van der Waals surface area (Å²) in [6.45, 7) is 4.59. The third-order valence-corrected chi connectivity index (χ3v) is 4.53. The second-order valence-corrected chi connectivity index (χ2v) is 7.32. The van der Waals surface area contributed by atoms with Gasteiger partial charge in [-0.2, -0.15) is 0 Å². The predicted octanol–water partition coefficient (Wildman–Crippen LogP) is 0.731. The van der Waals surface area contributed by atoms with E-state index < -0.39 is 30.3 Å². The number of hydrogen-bond donors (Lipinski definition) is 3. The summed E-state index contributed by atoms with van der Waals surface area (Å²) in [6.07, 6.45) is 0.0308. The van der Waals surface area contributed by atoms with Gasteiger partial charge in [0.15, 0.2) is 6.61 Å². The van der Waals surface area contributed by atoms with Gasteiger partial charge in [0.25, 0.3) is 11.8 Å². The molecule has 0 aliphatic rings. The predicted molar refractivity (Wildman–Crippen MR) is 106 cm³/mol. The molecule has 0 radical (unpaired) electrons. The number of aromatic nitrogens is 1. The van der Waals surface area contributed by atoms with Gasteiger partial charge in [0, 0.05) is 16.6 Å². The molecule has 1 aromatic heterocycles. The van der Waals surface area contributed by atoms with Crippen LogP contribution in [0.15, 0.2) is 23.6 Å². The molecule has 3 N–H and O–H groups in total. The first-order chi connectivity index (χ1) is 13.7. The molecule has 2 aromatic rings. The second kappa shape index (κ2) is 10.3. The lowest BCUT2D eigenvalue weighted by atomic mass is 10.1. The van der Waals surface area contributed by atoms with E-state index in [-0.39, 0.29) is 13.0 Å². The number of hydrazine groups is 1. The average Bonchev–Trinajstić information content (AvgIpc) is 3.06. The molecule has 0 unspecified atom stereocenters. The lowest BCUT2D eigenvalue weighted by Crippen LogP contribution is -2.44. The van der Waals surface area contributed by atoms with Crippen molar-refractivity contribution in [3.63, 3.8) is 0 Å². The van der Waals surface area contributed by atoms with E-state index in [2.05, 4.69) is 21.2 Å². The highest BCUT2D eigenvalue weighted by atomic mass is 32.1. The van der Waals surface area contributed by atoms with E-state index in [0.29, 0.717) is 10.6 Å². The fraction of sp³-hybridized carbons (Fsp3) is 0.316. The normalized spacial score (nSPS) is 10.2. The smallest absolute Gasteiger partial charge is 0.325 e. The first kappa shape index (κ1) is 22.0. The third kappa shape index (κ3) is 7.70. The van der Waals surface area contributed by atoms with Crippen LogP contribution in [-0.2, 0) is 25.5 Å². The highest BCUT2D eigenvalue weighted by molar-refractivity contribution is 7.09.